The van der Waals surface area contributed by atoms with Crippen LogP contribution < -0.4 is 10.2 Å². The zero-order valence-corrected chi connectivity index (χ0v) is 12.1. The van der Waals surface area contributed by atoms with Crippen molar-refractivity contribution in [2.45, 2.75) is 19.4 Å². The average Bonchev–Trinajstić information content (AvgIpc) is 2.55. The summed E-state index contributed by atoms with van der Waals surface area (Å²) in [5.41, 5.74) is 4.23. The number of nitrogens with zero attached hydrogens (tertiary/aromatic N) is 1. The third-order valence-electron chi connectivity index (χ3n) is 3.14. The zero-order valence-electron chi connectivity index (χ0n) is 12.1. The van der Waals surface area contributed by atoms with Gasteiger partial charge >= 0.3 is 0 Å². The summed E-state index contributed by atoms with van der Waals surface area (Å²) in [6, 6.07) is 16.9. The SMILES string of the molecule is CC(CC(=O)NO)Oc1ccc(-c2ccc(C#N)cc2)cc1. The number of carbonyl (C=O) groups excluding carboxylic acids is 1. The van der Waals surface area contributed by atoms with Crippen LogP contribution in [0.3, 0.4) is 0 Å². The first-order chi connectivity index (χ1) is 10.6. The molecule has 0 aliphatic carbocycles. The second-order valence-electron chi connectivity index (χ2n) is 4.88. The number of carbonyl (C=O) groups is 1. The van der Waals surface area contributed by atoms with E-state index >= 15 is 0 Å². The number of hydrogen-bond donors (Lipinski definition) is 2. The fourth-order valence-electron chi connectivity index (χ4n) is 2.04. The van der Waals surface area contributed by atoms with Crippen LogP contribution in [0.25, 0.3) is 11.1 Å². The van der Waals surface area contributed by atoms with Crippen molar-refractivity contribution >= 4 is 5.91 Å². The molecular formula is C17H16N2O3. The monoisotopic (exact) mass is 296 g/mol. The Labute approximate surface area is 128 Å². The topological polar surface area (TPSA) is 82.3 Å². The van der Waals surface area contributed by atoms with E-state index in [4.69, 9.17) is 15.2 Å². The molecule has 112 valence electrons. The summed E-state index contributed by atoms with van der Waals surface area (Å²) in [6.45, 7) is 1.75. The van der Waals surface area contributed by atoms with E-state index in [-0.39, 0.29) is 12.5 Å². The number of amides is 1. The second-order valence-corrected chi connectivity index (χ2v) is 4.88. The summed E-state index contributed by atoms with van der Waals surface area (Å²) >= 11 is 0. The predicted molar refractivity (Wildman–Crippen MR) is 81.2 cm³/mol. The van der Waals surface area contributed by atoms with Gasteiger partial charge in [-0.1, -0.05) is 24.3 Å². The van der Waals surface area contributed by atoms with Gasteiger partial charge < -0.3 is 4.74 Å². The number of nitriles is 1. The minimum absolute atomic E-state index is 0.0773. The Morgan fingerprint density at radius 2 is 1.73 bits per heavy atom. The van der Waals surface area contributed by atoms with E-state index < -0.39 is 5.91 Å². The maximum atomic E-state index is 11.0. The highest BCUT2D eigenvalue weighted by Gasteiger charge is 2.09. The summed E-state index contributed by atoms with van der Waals surface area (Å²) in [4.78, 5) is 11.0. The maximum absolute atomic E-state index is 11.0. The van der Waals surface area contributed by atoms with Gasteiger partial charge in [0.1, 0.15) is 11.9 Å². The van der Waals surface area contributed by atoms with Crippen molar-refractivity contribution in [2.24, 2.45) is 0 Å². The molecule has 5 nitrogen and oxygen atoms in total. The van der Waals surface area contributed by atoms with Crippen LogP contribution in [-0.2, 0) is 4.79 Å². The van der Waals surface area contributed by atoms with Gasteiger partial charge in [-0.05, 0) is 42.3 Å². The van der Waals surface area contributed by atoms with E-state index in [0.717, 1.165) is 11.1 Å². The minimum Gasteiger partial charge on any atom is -0.490 e. The van der Waals surface area contributed by atoms with Gasteiger partial charge in [0.2, 0.25) is 5.91 Å². The molecule has 0 aliphatic heterocycles. The number of ether oxygens (including phenoxy) is 1. The highest BCUT2D eigenvalue weighted by Crippen LogP contribution is 2.23. The number of rotatable bonds is 5. The molecule has 0 spiro atoms. The fraction of sp³-hybridized carbons (Fsp3) is 0.176. The number of hydroxylamine groups is 1. The summed E-state index contributed by atoms with van der Waals surface area (Å²) in [5.74, 6) is 0.164. The van der Waals surface area contributed by atoms with Crippen LogP contribution in [0.5, 0.6) is 5.75 Å². The Balaban J connectivity index is 2.03. The Hall–Kier alpha value is -2.84. The van der Waals surface area contributed by atoms with Gasteiger partial charge in [0.25, 0.3) is 0 Å². The molecule has 0 aliphatic rings. The van der Waals surface area contributed by atoms with E-state index in [1.807, 2.05) is 36.4 Å². The van der Waals surface area contributed by atoms with Gasteiger partial charge in [-0.3, -0.25) is 10.0 Å². The number of nitrogens with one attached hydrogen (secondary N) is 1. The maximum Gasteiger partial charge on any atom is 0.247 e. The van der Waals surface area contributed by atoms with Crippen molar-refractivity contribution < 1.29 is 14.7 Å². The van der Waals surface area contributed by atoms with Gasteiger partial charge in [0.15, 0.2) is 0 Å². The van der Waals surface area contributed by atoms with E-state index in [1.165, 1.54) is 0 Å². The molecule has 0 aromatic heterocycles. The zero-order chi connectivity index (χ0) is 15.9. The lowest BCUT2D eigenvalue weighted by molar-refractivity contribution is -0.130. The molecule has 0 heterocycles. The van der Waals surface area contributed by atoms with E-state index in [0.29, 0.717) is 11.3 Å². The highest BCUT2D eigenvalue weighted by molar-refractivity contribution is 5.75. The fourth-order valence-corrected chi connectivity index (χ4v) is 2.04. The van der Waals surface area contributed by atoms with Gasteiger partial charge in [0, 0.05) is 0 Å². The van der Waals surface area contributed by atoms with Crippen molar-refractivity contribution in [3.05, 3.63) is 54.1 Å². The summed E-state index contributed by atoms with van der Waals surface area (Å²) in [5, 5.41) is 17.3. The highest BCUT2D eigenvalue weighted by atomic mass is 16.5. The van der Waals surface area contributed by atoms with Crippen LogP contribution in [0.15, 0.2) is 48.5 Å². The van der Waals surface area contributed by atoms with Gasteiger partial charge in [0.05, 0.1) is 18.1 Å². The third-order valence-corrected chi connectivity index (χ3v) is 3.14. The molecular weight excluding hydrogens is 280 g/mol. The molecule has 2 N–H and O–H groups in total. The molecule has 0 radical (unpaired) electrons. The lowest BCUT2D eigenvalue weighted by Gasteiger charge is -2.14. The first kappa shape index (κ1) is 15.5. The molecule has 2 aromatic carbocycles. The third kappa shape index (κ3) is 4.08. The normalized spacial score (nSPS) is 11.3. The summed E-state index contributed by atoms with van der Waals surface area (Å²) in [6.07, 6.45) is -0.263. The van der Waals surface area contributed by atoms with Crippen molar-refractivity contribution in [1.29, 1.82) is 5.26 Å². The molecule has 22 heavy (non-hydrogen) atoms. The average molecular weight is 296 g/mol. The van der Waals surface area contributed by atoms with Crippen LogP contribution in [-0.4, -0.2) is 17.2 Å². The quantitative estimate of drug-likeness (QED) is 0.656. The van der Waals surface area contributed by atoms with Gasteiger partial charge in [-0.15, -0.1) is 0 Å². The Morgan fingerprint density at radius 3 is 2.23 bits per heavy atom. The lowest BCUT2D eigenvalue weighted by atomic mass is 10.0. The van der Waals surface area contributed by atoms with Crippen LogP contribution >= 0.6 is 0 Å². The second kappa shape index (κ2) is 7.25. The Bertz CT molecular complexity index is 673. The summed E-state index contributed by atoms with van der Waals surface area (Å²) < 4.78 is 5.60. The molecule has 5 heteroatoms. The van der Waals surface area contributed by atoms with E-state index in [9.17, 15) is 4.79 Å². The molecule has 0 saturated heterocycles. The molecule has 1 unspecified atom stereocenters. The molecule has 2 aromatic rings. The molecule has 1 amide bonds. The molecule has 0 saturated carbocycles. The molecule has 0 bridgehead atoms. The number of benzene rings is 2. The first-order valence-electron chi connectivity index (χ1n) is 6.82. The van der Waals surface area contributed by atoms with Gasteiger partial charge in [-0.25, -0.2) is 5.48 Å². The summed E-state index contributed by atoms with van der Waals surface area (Å²) in [7, 11) is 0. The van der Waals surface area contributed by atoms with Crippen molar-refractivity contribution in [1.82, 2.24) is 5.48 Å². The molecule has 1 atom stereocenters. The Kier molecular flexibility index (Phi) is 5.12. The molecule has 2 rings (SSSR count). The number of hydrogen-bond acceptors (Lipinski definition) is 4. The predicted octanol–water partition coefficient (Wildman–Crippen LogP) is 2.89. The van der Waals surface area contributed by atoms with E-state index in [2.05, 4.69) is 6.07 Å². The minimum atomic E-state index is -0.485. The first-order valence-corrected chi connectivity index (χ1v) is 6.82. The smallest absolute Gasteiger partial charge is 0.247 e. The Morgan fingerprint density at radius 1 is 1.18 bits per heavy atom. The van der Waals surface area contributed by atoms with Crippen molar-refractivity contribution in [2.75, 3.05) is 0 Å². The van der Waals surface area contributed by atoms with Crippen LogP contribution in [0, 0.1) is 11.3 Å². The van der Waals surface area contributed by atoms with Gasteiger partial charge in [-0.2, -0.15) is 5.26 Å². The molecule has 0 fully saturated rings. The lowest BCUT2D eigenvalue weighted by Crippen LogP contribution is -2.25. The largest absolute Gasteiger partial charge is 0.490 e. The van der Waals surface area contributed by atoms with Crippen molar-refractivity contribution in [3.63, 3.8) is 0 Å². The van der Waals surface area contributed by atoms with Crippen molar-refractivity contribution in [3.8, 4) is 22.9 Å². The van der Waals surface area contributed by atoms with Crippen LogP contribution in [0.4, 0.5) is 0 Å². The van der Waals surface area contributed by atoms with E-state index in [1.54, 1.807) is 24.5 Å². The standard InChI is InChI=1S/C17H16N2O3/c1-12(10-17(20)19-21)22-16-8-6-15(7-9-16)14-4-2-13(11-18)3-5-14/h2-9,12,21H,10H2,1H3,(H,19,20). The van der Waals surface area contributed by atoms with Crippen LogP contribution in [0.2, 0.25) is 0 Å². The van der Waals surface area contributed by atoms with Crippen LogP contribution in [0.1, 0.15) is 18.9 Å².